The molecule has 0 spiro atoms. The molecule has 0 N–H and O–H groups in total. The van der Waals surface area contributed by atoms with Crippen molar-refractivity contribution in [2.75, 3.05) is 0 Å². The number of thiol groups is 1. The number of aryl methyl sites for hydroxylation is 2. The van der Waals surface area contributed by atoms with Gasteiger partial charge < -0.3 is 0 Å². The van der Waals surface area contributed by atoms with Gasteiger partial charge in [-0.2, -0.15) is 0 Å². The fraction of sp³-hybridized carbons (Fsp3) is 0.375. The largest absolute Gasteiger partial charge is 0.212 e. The molecule has 0 saturated heterocycles. The molecular formula is C16H19F3S. The van der Waals surface area contributed by atoms with Gasteiger partial charge in [0, 0.05) is 4.90 Å². The lowest BCUT2D eigenvalue weighted by molar-refractivity contribution is 0.577. The van der Waals surface area contributed by atoms with Gasteiger partial charge in [0.05, 0.1) is 11.7 Å². The highest BCUT2D eigenvalue weighted by Crippen LogP contribution is 2.24. The van der Waals surface area contributed by atoms with E-state index in [1.807, 2.05) is 0 Å². The van der Waals surface area contributed by atoms with Crippen LogP contribution in [0.1, 0.15) is 37.8 Å². The van der Waals surface area contributed by atoms with E-state index in [0.717, 1.165) is 5.56 Å². The molecule has 0 saturated carbocycles. The summed E-state index contributed by atoms with van der Waals surface area (Å²) >= 11 is 4.19. The zero-order valence-electron chi connectivity index (χ0n) is 11.7. The monoisotopic (exact) mass is 300 g/mol. The Morgan fingerprint density at radius 3 is 1.95 bits per heavy atom. The van der Waals surface area contributed by atoms with Crippen molar-refractivity contribution < 1.29 is 13.2 Å². The summed E-state index contributed by atoms with van der Waals surface area (Å²) in [5.41, 5.74) is 1.28. The van der Waals surface area contributed by atoms with E-state index in [1.54, 1.807) is 12.1 Å². The Morgan fingerprint density at radius 1 is 1.00 bits per heavy atom. The molecule has 110 valence electrons. The topological polar surface area (TPSA) is 0 Å². The van der Waals surface area contributed by atoms with Crippen molar-refractivity contribution in [1.82, 2.24) is 0 Å². The molecule has 0 nitrogen and oxygen atoms in total. The van der Waals surface area contributed by atoms with Crippen molar-refractivity contribution >= 4 is 12.6 Å². The lowest BCUT2D eigenvalue weighted by Crippen LogP contribution is -1.96. The Labute approximate surface area is 123 Å². The fourth-order valence-electron chi connectivity index (χ4n) is 1.89. The van der Waals surface area contributed by atoms with Crippen molar-refractivity contribution in [3.63, 3.8) is 0 Å². The van der Waals surface area contributed by atoms with Crippen molar-refractivity contribution in [2.24, 2.45) is 0 Å². The van der Waals surface area contributed by atoms with E-state index in [9.17, 15) is 13.2 Å². The van der Waals surface area contributed by atoms with E-state index in [-0.39, 0.29) is 17.5 Å². The molecule has 0 atom stereocenters. The van der Waals surface area contributed by atoms with Crippen LogP contribution in [0.4, 0.5) is 13.2 Å². The predicted molar refractivity (Wildman–Crippen MR) is 80.0 cm³/mol. The van der Waals surface area contributed by atoms with Crippen LogP contribution in [0.15, 0.2) is 40.8 Å². The molecular weight excluding hydrogens is 281 g/mol. The van der Waals surface area contributed by atoms with Crippen molar-refractivity contribution in [3.8, 4) is 0 Å². The number of halogens is 3. The third-order valence-electron chi connectivity index (χ3n) is 2.96. The molecule has 0 aliphatic heterocycles. The maximum Gasteiger partial charge on any atom is 0.139 e. The minimum atomic E-state index is -0.364. The van der Waals surface area contributed by atoms with Crippen molar-refractivity contribution in [3.05, 3.63) is 52.9 Å². The number of hydrogen-bond acceptors (Lipinski definition) is 1. The van der Waals surface area contributed by atoms with E-state index in [1.165, 1.54) is 26.0 Å². The standard InChI is InChI=1S/C16H19F3S/c1-11(17)5-3-7-13-9-10-14(16(20)15(13)19)8-4-6-12(2)18/h5-6,9-10,20H,3-4,7-8H2,1-2H3/b11-5-,12-6-. The minimum absolute atomic E-state index is 0.240. The second-order valence-corrected chi connectivity index (χ2v) is 5.15. The van der Waals surface area contributed by atoms with Gasteiger partial charge in [0.15, 0.2) is 0 Å². The summed E-state index contributed by atoms with van der Waals surface area (Å²) < 4.78 is 39.2. The van der Waals surface area contributed by atoms with Crippen LogP contribution in [0, 0.1) is 5.82 Å². The molecule has 0 unspecified atom stereocenters. The molecule has 1 aromatic carbocycles. The van der Waals surface area contributed by atoms with Crippen LogP contribution in [0.3, 0.4) is 0 Å². The van der Waals surface area contributed by atoms with Gasteiger partial charge in [0.2, 0.25) is 0 Å². The molecule has 0 bridgehead atoms. The van der Waals surface area contributed by atoms with Crippen LogP contribution < -0.4 is 0 Å². The van der Waals surface area contributed by atoms with Gasteiger partial charge in [0.1, 0.15) is 5.82 Å². The third kappa shape index (κ3) is 5.45. The summed E-state index contributed by atoms with van der Waals surface area (Å²) in [6.07, 6.45) is 4.84. The van der Waals surface area contributed by atoms with Crippen LogP contribution in [-0.2, 0) is 12.8 Å². The van der Waals surface area contributed by atoms with Crippen LogP contribution in [0.5, 0.6) is 0 Å². The number of rotatable bonds is 6. The van der Waals surface area contributed by atoms with E-state index < -0.39 is 0 Å². The van der Waals surface area contributed by atoms with Crippen LogP contribution in [0.25, 0.3) is 0 Å². The second kappa shape index (κ2) is 8.20. The van der Waals surface area contributed by atoms with E-state index >= 15 is 0 Å². The molecule has 1 aromatic rings. The quantitative estimate of drug-likeness (QED) is 0.638. The summed E-state index contributed by atoms with van der Waals surface area (Å²) in [6, 6.07) is 3.49. The molecule has 0 aliphatic carbocycles. The predicted octanol–water partition coefficient (Wildman–Crippen LogP) is 5.73. The van der Waals surface area contributed by atoms with Gasteiger partial charge >= 0.3 is 0 Å². The van der Waals surface area contributed by atoms with Crippen LogP contribution in [0.2, 0.25) is 0 Å². The summed E-state index contributed by atoms with van der Waals surface area (Å²) in [5.74, 6) is -0.866. The zero-order chi connectivity index (χ0) is 15.1. The molecule has 4 heteroatoms. The van der Waals surface area contributed by atoms with Crippen molar-refractivity contribution in [1.29, 1.82) is 0 Å². The third-order valence-corrected chi connectivity index (χ3v) is 3.44. The zero-order valence-corrected chi connectivity index (χ0v) is 12.6. The van der Waals surface area contributed by atoms with E-state index in [2.05, 4.69) is 12.6 Å². The normalized spacial score (nSPS) is 12.9. The first-order valence-electron chi connectivity index (χ1n) is 6.55. The first-order chi connectivity index (χ1) is 9.41. The molecule has 1 rings (SSSR count). The fourth-order valence-corrected chi connectivity index (χ4v) is 2.22. The Hall–Kier alpha value is -1.16. The molecule has 0 aromatic heterocycles. The van der Waals surface area contributed by atoms with Gasteiger partial charge in [-0.1, -0.05) is 24.3 Å². The van der Waals surface area contributed by atoms with Gasteiger partial charge in [-0.15, -0.1) is 12.6 Å². The highest BCUT2D eigenvalue weighted by atomic mass is 32.1. The van der Waals surface area contributed by atoms with Crippen LogP contribution >= 0.6 is 12.6 Å². The summed E-state index contributed by atoms with van der Waals surface area (Å²) in [5, 5.41) is 0. The highest BCUT2D eigenvalue weighted by Gasteiger charge is 2.09. The summed E-state index contributed by atoms with van der Waals surface area (Å²) in [4.78, 5) is 0.299. The second-order valence-electron chi connectivity index (χ2n) is 4.71. The molecule has 0 amide bonds. The molecule has 0 radical (unpaired) electrons. The lowest BCUT2D eigenvalue weighted by Gasteiger charge is -2.09. The van der Waals surface area contributed by atoms with Gasteiger partial charge in [-0.25, -0.2) is 13.2 Å². The number of hydrogen-bond donors (Lipinski definition) is 1. The van der Waals surface area contributed by atoms with E-state index in [0.29, 0.717) is 36.1 Å². The molecule has 0 heterocycles. The average molecular weight is 300 g/mol. The molecule has 0 aliphatic rings. The van der Waals surface area contributed by atoms with Gasteiger partial charge in [0.25, 0.3) is 0 Å². The molecule has 0 fully saturated rings. The van der Waals surface area contributed by atoms with Crippen LogP contribution in [-0.4, -0.2) is 0 Å². The van der Waals surface area contributed by atoms with E-state index in [4.69, 9.17) is 0 Å². The first kappa shape index (κ1) is 16.9. The molecule has 20 heavy (non-hydrogen) atoms. The maximum absolute atomic E-state index is 14.1. The number of allylic oxidation sites excluding steroid dienone is 4. The maximum atomic E-state index is 14.1. The van der Waals surface area contributed by atoms with Gasteiger partial charge in [-0.05, 0) is 50.7 Å². The Balaban J connectivity index is 2.76. The lowest BCUT2D eigenvalue weighted by atomic mass is 10.0. The minimum Gasteiger partial charge on any atom is -0.212 e. The average Bonchev–Trinajstić information content (AvgIpc) is 2.36. The Bertz CT molecular complexity index is 464. The van der Waals surface area contributed by atoms with Crippen molar-refractivity contribution in [2.45, 2.75) is 44.4 Å². The Kier molecular flexibility index (Phi) is 6.93. The summed E-state index contributed by atoms with van der Waals surface area (Å²) in [7, 11) is 0. The highest BCUT2D eigenvalue weighted by molar-refractivity contribution is 7.80. The first-order valence-corrected chi connectivity index (χ1v) is 7.00. The smallest absolute Gasteiger partial charge is 0.139 e. The van der Waals surface area contributed by atoms with Gasteiger partial charge in [-0.3, -0.25) is 0 Å². The summed E-state index contributed by atoms with van der Waals surface area (Å²) in [6.45, 7) is 2.75. The SMILES string of the molecule is C/C(F)=C/CCc1ccc(CC/C=C(/C)F)c(S)c1F. The number of benzene rings is 1. The Morgan fingerprint density at radius 2 is 1.45 bits per heavy atom.